The number of ether oxygens (including phenoxy) is 1. The fourth-order valence-electron chi connectivity index (χ4n) is 1.51. The smallest absolute Gasteiger partial charge is 0.349 e. The fourth-order valence-corrected chi connectivity index (χ4v) is 3.55. The maximum atomic E-state index is 11.4. The zero-order chi connectivity index (χ0) is 10.1. The Morgan fingerprint density at radius 2 is 2.43 bits per heavy atom. The summed E-state index contributed by atoms with van der Waals surface area (Å²) in [6.45, 7) is 1.82. The number of thiophene rings is 1. The number of nitrogens with one attached hydrogen (secondary N) is 1. The van der Waals surface area contributed by atoms with Crippen molar-refractivity contribution in [2.45, 2.75) is 13.0 Å². The van der Waals surface area contributed by atoms with Crippen LogP contribution in [0.2, 0.25) is 0 Å². The molecule has 1 aliphatic rings. The van der Waals surface area contributed by atoms with Gasteiger partial charge in [0, 0.05) is 22.4 Å². The summed E-state index contributed by atoms with van der Waals surface area (Å²) in [6.07, 6.45) is 0.996. The molecule has 14 heavy (non-hydrogen) atoms. The normalized spacial score (nSPS) is 15.0. The summed E-state index contributed by atoms with van der Waals surface area (Å²) in [5, 5.41) is 3.28. The Labute approximate surface area is 94.6 Å². The van der Waals surface area contributed by atoms with E-state index >= 15 is 0 Å². The van der Waals surface area contributed by atoms with Crippen LogP contribution in [0.5, 0.6) is 0 Å². The maximum absolute atomic E-state index is 11.4. The van der Waals surface area contributed by atoms with E-state index in [1.807, 2.05) is 0 Å². The molecule has 1 N–H and O–H groups in total. The molecule has 0 fully saturated rings. The third kappa shape index (κ3) is 1.60. The summed E-state index contributed by atoms with van der Waals surface area (Å²) in [4.78, 5) is 13.4. The van der Waals surface area contributed by atoms with Crippen LogP contribution in [0.4, 0.5) is 0 Å². The predicted molar refractivity (Wildman–Crippen MR) is 58.8 cm³/mol. The molecule has 76 valence electrons. The Morgan fingerprint density at radius 3 is 3.07 bits per heavy atom. The molecule has 1 aromatic rings. The maximum Gasteiger partial charge on any atom is 0.349 e. The van der Waals surface area contributed by atoms with E-state index in [1.54, 1.807) is 0 Å². The molecule has 2 heterocycles. The first-order chi connectivity index (χ1) is 6.74. The van der Waals surface area contributed by atoms with Gasteiger partial charge < -0.3 is 10.1 Å². The molecule has 0 saturated heterocycles. The second kappa shape index (κ2) is 4.00. The molecular weight excluding hydrogens is 266 g/mol. The molecule has 0 spiro atoms. The van der Waals surface area contributed by atoms with Crippen molar-refractivity contribution < 1.29 is 9.53 Å². The third-order valence-corrected chi connectivity index (χ3v) is 4.64. The minimum Gasteiger partial charge on any atom is -0.465 e. The minimum absolute atomic E-state index is 0.253. The van der Waals surface area contributed by atoms with Gasteiger partial charge in [-0.25, -0.2) is 4.79 Å². The average Bonchev–Trinajstić information content (AvgIpc) is 2.56. The molecular formula is C9H10BrNO2S. The van der Waals surface area contributed by atoms with Crippen molar-refractivity contribution >= 4 is 33.2 Å². The van der Waals surface area contributed by atoms with Crippen LogP contribution in [0.3, 0.4) is 0 Å². The van der Waals surface area contributed by atoms with Crippen molar-refractivity contribution in [3.63, 3.8) is 0 Å². The van der Waals surface area contributed by atoms with Crippen molar-refractivity contribution in [3.8, 4) is 0 Å². The summed E-state index contributed by atoms with van der Waals surface area (Å²) in [6, 6.07) is 0. The van der Waals surface area contributed by atoms with Crippen LogP contribution >= 0.6 is 27.3 Å². The molecule has 1 aliphatic heterocycles. The molecule has 2 rings (SSSR count). The topological polar surface area (TPSA) is 38.3 Å². The lowest BCUT2D eigenvalue weighted by molar-refractivity contribution is 0.0605. The van der Waals surface area contributed by atoms with Crippen molar-refractivity contribution in [2.75, 3.05) is 13.7 Å². The average molecular weight is 276 g/mol. The Kier molecular flexibility index (Phi) is 2.90. The molecule has 0 amide bonds. The minimum atomic E-state index is -0.253. The number of methoxy groups -OCH3 is 1. The molecule has 1 aromatic heterocycles. The van der Waals surface area contributed by atoms with E-state index in [0.29, 0.717) is 4.88 Å². The molecule has 0 atom stereocenters. The van der Waals surface area contributed by atoms with Crippen LogP contribution in [0.25, 0.3) is 0 Å². The summed E-state index contributed by atoms with van der Waals surface area (Å²) in [5.74, 6) is -0.253. The van der Waals surface area contributed by atoms with Crippen molar-refractivity contribution in [1.82, 2.24) is 5.32 Å². The van der Waals surface area contributed by atoms with E-state index < -0.39 is 0 Å². The second-order valence-corrected chi connectivity index (χ2v) is 4.96. The highest BCUT2D eigenvalue weighted by Crippen LogP contribution is 2.35. The first-order valence-corrected chi connectivity index (χ1v) is 5.94. The van der Waals surface area contributed by atoms with Gasteiger partial charge in [-0.05, 0) is 27.9 Å². The monoisotopic (exact) mass is 275 g/mol. The number of rotatable bonds is 1. The Bertz CT molecular complexity index is 375. The Morgan fingerprint density at radius 1 is 1.64 bits per heavy atom. The van der Waals surface area contributed by atoms with E-state index in [4.69, 9.17) is 4.74 Å². The lowest BCUT2D eigenvalue weighted by Gasteiger charge is -2.12. The number of esters is 1. The van der Waals surface area contributed by atoms with Gasteiger partial charge in [0.05, 0.1) is 7.11 Å². The number of carbonyl (C=O) groups is 1. The first-order valence-electron chi connectivity index (χ1n) is 4.33. The lowest BCUT2D eigenvalue weighted by atomic mass is 10.1. The van der Waals surface area contributed by atoms with Crippen LogP contribution in [0, 0.1) is 0 Å². The summed E-state index contributed by atoms with van der Waals surface area (Å²) < 4.78 is 5.62. The Hall–Kier alpha value is -0.390. The third-order valence-electron chi connectivity index (χ3n) is 2.23. The highest BCUT2D eigenvalue weighted by molar-refractivity contribution is 9.10. The standard InChI is InChI=1S/C9H10BrNO2S/c1-13-9(12)8-7(10)5-4-11-3-2-6(5)14-8/h11H,2-4H2,1H3. The van der Waals surface area contributed by atoms with Gasteiger partial charge in [-0.3, -0.25) is 0 Å². The molecule has 0 saturated carbocycles. The van der Waals surface area contributed by atoms with Gasteiger partial charge in [0.15, 0.2) is 0 Å². The summed E-state index contributed by atoms with van der Waals surface area (Å²) >= 11 is 4.98. The van der Waals surface area contributed by atoms with Crippen LogP contribution in [-0.4, -0.2) is 19.6 Å². The van der Waals surface area contributed by atoms with Crippen LogP contribution < -0.4 is 5.32 Å². The number of hydrogen-bond acceptors (Lipinski definition) is 4. The van der Waals surface area contributed by atoms with Crippen LogP contribution in [0.15, 0.2) is 4.47 Å². The van der Waals surface area contributed by atoms with E-state index in [9.17, 15) is 4.79 Å². The largest absolute Gasteiger partial charge is 0.465 e. The predicted octanol–water partition coefficient (Wildman–Crippen LogP) is 1.94. The van der Waals surface area contributed by atoms with E-state index in [1.165, 1.54) is 28.9 Å². The van der Waals surface area contributed by atoms with Crippen molar-refractivity contribution in [2.24, 2.45) is 0 Å². The summed E-state index contributed by atoms with van der Waals surface area (Å²) in [7, 11) is 1.41. The zero-order valence-electron chi connectivity index (χ0n) is 7.72. The zero-order valence-corrected chi connectivity index (χ0v) is 10.1. The van der Waals surface area contributed by atoms with Gasteiger partial charge in [-0.1, -0.05) is 0 Å². The molecule has 0 aromatic carbocycles. The van der Waals surface area contributed by atoms with Crippen LogP contribution in [0.1, 0.15) is 20.1 Å². The number of hydrogen-bond donors (Lipinski definition) is 1. The Balaban J connectivity index is 2.43. The van der Waals surface area contributed by atoms with Gasteiger partial charge in [-0.15, -0.1) is 11.3 Å². The molecule has 0 radical (unpaired) electrons. The highest BCUT2D eigenvalue weighted by Gasteiger charge is 2.22. The fraction of sp³-hybridized carbons (Fsp3) is 0.444. The molecule has 0 aliphatic carbocycles. The van der Waals surface area contributed by atoms with E-state index in [2.05, 4.69) is 21.2 Å². The van der Waals surface area contributed by atoms with Crippen molar-refractivity contribution in [1.29, 1.82) is 0 Å². The molecule has 3 nitrogen and oxygen atoms in total. The van der Waals surface area contributed by atoms with E-state index in [0.717, 1.165) is 24.0 Å². The SMILES string of the molecule is COC(=O)c1sc2c(c1Br)CNCC2. The highest BCUT2D eigenvalue weighted by atomic mass is 79.9. The van der Waals surface area contributed by atoms with Gasteiger partial charge in [0.25, 0.3) is 0 Å². The lowest BCUT2D eigenvalue weighted by Crippen LogP contribution is -2.22. The second-order valence-electron chi connectivity index (χ2n) is 3.07. The van der Waals surface area contributed by atoms with Crippen LogP contribution in [-0.2, 0) is 17.7 Å². The van der Waals surface area contributed by atoms with E-state index in [-0.39, 0.29) is 5.97 Å². The number of halogens is 1. The molecule has 5 heteroatoms. The summed E-state index contributed by atoms with van der Waals surface area (Å²) in [5.41, 5.74) is 1.21. The number of carbonyl (C=O) groups excluding carboxylic acids is 1. The first kappa shape index (κ1) is 10.1. The van der Waals surface area contributed by atoms with Gasteiger partial charge in [0.2, 0.25) is 0 Å². The van der Waals surface area contributed by atoms with Gasteiger partial charge >= 0.3 is 5.97 Å². The van der Waals surface area contributed by atoms with Gasteiger partial charge in [0.1, 0.15) is 4.88 Å². The quantitative estimate of drug-likeness (QED) is 0.797. The number of fused-ring (bicyclic) bond motifs is 1. The van der Waals surface area contributed by atoms with Crippen molar-refractivity contribution in [3.05, 3.63) is 19.8 Å². The molecule has 0 bridgehead atoms. The molecule has 0 unspecified atom stereocenters. The van der Waals surface area contributed by atoms with Gasteiger partial charge in [-0.2, -0.15) is 0 Å².